The van der Waals surface area contributed by atoms with Gasteiger partial charge in [0.1, 0.15) is 0 Å². The predicted octanol–water partition coefficient (Wildman–Crippen LogP) is 4.17. The molecule has 0 aromatic carbocycles. The number of nitrogens with two attached hydrogens (primary N) is 1. The Balaban J connectivity index is 0.00000196. The van der Waals surface area contributed by atoms with Gasteiger partial charge in [-0.05, 0) is 18.6 Å². The summed E-state index contributed by atoms with van der Waals surface area (Å²) in [5, 5.41) is 0. The Kier molecular flexibility index (Phi) is 5.95. The maximum Gasteiger partial charge on any atom is 0.389 e. The zero-order chi connectivity index (χ0) is 10.8. The summed E-state index contributed by atoms with van der Waals surface area (Å²) in [5.74, 6) is 0. The van der Waals surface area contributed by atoms with Gasteiger partial charge in [0.15, 0.2) is 0 Å². The first-order valence-corrected chi connectivity index (χ1v) is 5.15. The van der Waals surface area contributed by atoms with E-state index in [4.69, 9.17) is 17.3 Å². The van der Waals surface area contributed by atoms with E-state index in [1.54, 1.807) is 12.1 Å². The van der Waals surface area contributed by atoms with Crippen molar-refractivity contribution in [1.29, 1.82) is 0 Å². The summed E-state index contributed by atoms with van der Waals surface area (Å²) in [6, 6.07) is 2.72. The van der Waals surface area contributed by atoms with Gasteiger partial charge in [0.05, 0.1) is 4.34 Å². The molecule has 1 heterocycles. The standard InChI is InChI=1S/C8H9ClF3NS.ClH/c9-7-2-1-6(14-7)5(13)3-4-8(10,11)12;/h1-2,5H,3-4,13H2;1H/t5-;/m0./s1. The van der Waals surface area contributed by atoms with Gasteiger partial charge in [0.2, 0.25) is 0 Å². The first kappa shape index (κ1) is 15.0. The van der Waals surface area contributed by atoms with Gasteiger partial charge in [-0.3, -0.25) is 0 Å². The summed E-state index contributed by atoms with van der Waals surface area (Å²) in [5.41, 5.74) is 5.57. The minimum absolute atomic E-state index is 0. The molecule has 0 unspecified atom stereocenters. The van der Waals surface area contributed by atoms with Crippen LogP contribution in [0.25, 0.3) is 0 Å². The molecule has 0 aliphatic carbocycles. The number of hydrogen-bond acceptors (Lipinski definition) is 2. The van der Waals surface area contributed by atoms with Crippen LogP contribution in [0.2, 0.25) is 4.34 Å². The minimum atomic E-state index is -4.14. The van der Waals surface area contributed by atoms with E-state index in [2.05, 4.69) is 0 Å². The monoisotopic (exact) mass is 279 g/mol. The van der Waals surface area contributed by atoms with Gasteiger partial charge in [0.25, 0.3) is 0 Å². The lowest BCUT2D eigenvalue weighted by Crippen LogP contribution is -2.14. The van der Waals surface area contributed by atoms with Gasteiger partial charge in [-0.25, -0.2) is 0 Å². The van der Waals surface area contributed by atoms with Crippen molar-refractivity contribution in [2.75, 3.05) is 0 Å². The van der Waals surface area contributed by atoms with Crippen molar-refractivity contribution in [3.05, 3.63) is 21.3 Å². The van der Waals surface area contributed by atoms with Crippen molar-refractivity contribution >= 4 is 35.3 Å². The zero-order valence-corrected chi connectivity index (χ0v) is 9.94. The van der Waals surface area contributed by atoms with Crippen molar-refractivity contribution in [3.8, 4) is 0 Å². The Hall–Kier alpha value is 0.0300. The largest absolute Gasteiger partial charge is 0.389 e. The lowest BCUT2D eigenvalue weighted by molar-refractivity contribution is -0.136. The van der Waals surface area contributed by atoms with E-state index in [1.165, 1.54) is 11.3 Å². The molecule has 1 aromatic heterocycles. The van der Waals surface area contributed by atoms with E-state index in [0.717, 1.165) is 0 Å². The average molecular weight is 280 g/mol. The molecule has 1 atom stereocenters. The Morgan fingerprint density at radius 3 is 2.40 bits per heavy atom. The molecule has 0 aliphatic rings. The van der Waals surface area contributed by atoms with Gasteiger partial charge < -0.3 is 5.73 Å². The van der Waals surface area contributed by atoms with Crippen LogP contribution in [-0.2, 0) is 0 Å². The second kappa shape index (κ2) is 5.94. The van der Waals surface area contributed by atoms with Crippen molar-refractivity contribution in [2.45, 2.75) is 25.1 Å². The molecule has 2 N–H and O–H groups in total. The third kappa shape index (κ3) is 5.61. The van der Waals surface area contributed by atoms with Crippen LogP contribution in [0.5, 0.6) is 0 Å². The van der Waals surface area contributed by atoms with E-state index < -0.39 is 18.6 Å². The van der Waals surface area contributed by atoms with E-state index in [0.29, 0.717) is 9.21 Å². The maximum atomic E-state index is 11.9. The molecule has 1 nitrogen and oxygen atoms in total. The molecular formula is C8H10Cl2F3NS. The van der Waals surface area contributed by atoms with Crippen molar-refractivity contribution in [3.63, 3.8) is 0 Å². The topological polar surface area (TPSA) is 26.0 Å². The van der Waals surface area contributed by atoms with Gasteiger partial charge in [-0.2, -0.15) is 13.2 Å². The van der Waals surface area contributed by atoms with Crippen LogP contribution in [0.1, 0.15) is 23.8 Å². The van der Waals surface area contributed by atoms with Crippen LogP contribution in [0.4, 0.5) is 13.2 Å². The SMILES string of the molecule is Cl.N[C@@H](CCC(F)(F)F)c1ccc(Cl)s1. The first-order valence-electron chi connectivity index (χ1n) is 3.96. The molecule has 0 spiro atoms. The second-order valence-corrected chi connectivity index (χ2v) is 4.65. The molecule has 15 heavy (non-hydrogen) atoms. The molecule has 0 bridgehead atoms. The molecule has 0 aliphatic heterocycles. The van der Waals surface area contributed by atoms with Crippen molar-refractivity contribution in [1.82, 2.24) is 0 Å². The molecule has 0 radical (unpaired) electrons. The molecule has 1 aromatic rings. The summed E-state index contributed by atoms with van der Waals surface area (Å²) >= 11 is 6.85. The van der Waals surface area contributed by atoms with E-state index in [9.17, 15) is 13.2 Å². The first-order chi connectivity index (χ1) is 6.38. The van der Waals surface area contributed by atoms with Crippen LogP contribution in [0, 0.1) is 0 Å². The number of alkyl halides is 3. The van der Waals surface area contributed by atoms with Gasteiger partial charge in [0, 0.05) is 17.3 Å². The zero-order valence-electron chi connectivity index (χ0n) is 7.55. The predicted molar refractivity (Wildman–Crippen MR) is 58.8 cm³/mol. The quantitative estimate of drug-likeness (QED) is 0.883. The molecule has 88 valence electrons. The molecule has 7 heteroatoms. The smallest absolute Gasteiger partial charge is 0.323 e. The van der Waals surface area contributed by atoms with Crippen LogP contribution in [-0.4, -0.2) is 6.18 Å². The Labute approximate surface area is 101 Å². The molecular weight excluding hydrogens is 270 g/mol. The average Bonchev–Trinajstić information content (AvgIpc) is 2.46. The van der Waals surface area contributed by atoms with E-state index >= 15 is 0 Å². The molecule has 0 fully saturated rings. The number of halogens is 5. The lowest BCUT2D eigenvalue weighted by Gasteiger charge is -2.10. The molecule has 0 amide bonds. The number of rotatable bonds is 3. The highest BCUT2D eigenvalue weighted by Crippen LogP contribution is 2.31. The highest BCUT2D eigenvalue weighted by atomic mass is 35.5. The second-order valence-electron chi connectivity index (χ2n) is 2.90. The van der Waals surface area contributed by atoms with E-state index in [1.807, 2.05) is 0 Å². The summed E-state index contributed by atoms with van der Waals surface area (Å²) in [7, 11) is 0. The fourth-order valence-electron chi connectivity index (χ4n) is 0.989. The van der Waals surface area contributed by atoms with E-state index in [-0.39, 0.29) is 18.8 Å². The Morgan fingerprint density at radius 1 is 1.40 bits per heavy atom. The molecule has 1 rings (SSSR count). The minimum Gasteiger partial charge on any atom is -0.323 e. The van der Waals surface area contributed by atoms with Crippen molar-refractivity contribution < 1.29 is 13.2 Å². The third-order valence-corrected chi connectivity index (χ3v) is 3.06. The summed E-state index contributed by atoms with van der Waals surface area (Å²) < 4.78 is 36.1. The van der Waals surface area contributed by atoms with Crippen LogP contribution < -0.4 is 5.73 Å². The van der Waals surface area contributed by atoms with Gasteiger partial charge in [-0.15, -0.1) is 23.7 Å². The fraction of sp³-hybridized carbons (Fsp3) is 0.500. The van der Waals surface area contributed by atoms with Crippen LogP contribution >= 0.6 is 35.3 Å². The number of thiophene rings is 1. The normalized spacial score (nSPS) is 13.4. The van der Waals surface area contributed by atoms with Gasteiger partial charge >= 0.3 is 6.18 Å². The third-order valence-electron chi connectivity index (χ3n) is 1.70. The van der Waals surface area contributed by atoms with Crippen LogP contribution in [0.15, 0.2) is 12.1 Å². The molecule has 0 saturated heterocycles. The summed E-state index contributed by atoms with van der Waals surface area (Å²) in [6.45, 7) is 0. The Bertz CT molecular complexity index is 300. The molecule has 0 saturated carbocycles. The number of hydrogen-bond donors (Lipinski definition) is 1. The highest BCUT2D eigenvalue weighted by Gasteiger charge is 2.28. The lowest BCUT2D eigenvalue weighted by atomic mass is 10.1. The maximum absolute atomic E-state index is 11.9. The fourth-order valence-corrected chi connectivity index (χ4v) is 2.09. The Morgan fingerprint density at radius 2 is 2.00 bits per heavy atom. The van der Waals surface area contributed by atoms with Crippen molar-refractivity contribution in [2.24, 2.45) is 5.73 Å². The highest BCUT2D eigenvalue weighted by molar-refractivity contribution is 7.16. The summed E-state index contributed by atoms with van der Waals surface area (Å²) in [6.07, 6.45) is -5.09. The van der Waals surface area contributed by atoms with Gasteiger partial charge in [-0.1, -0.05) is 11.6 Å². The summed E-state index contributed by atoms with van der Waals surface area (Å²) in [4.78, 5) is 0.694. The van der Waals surface area contributed by atoms with Crippen LogP contribution in [0.3, 0.4) is 0 Å².